The molecule has 1 heterocycles. The Morgan fingerprint density at radius 1 is 1.56 bits per heavy atom. The number of nitrogens with zero attached hydrogens (tertiary/aromatic N) is 2. The largest absolute Gasteiger partial charge is 0.392 e. The second-order valence-electron chi connectivity index (χ2n) is 6.29. The summed E-state index contributed by atoms with van der Waals surface area (Å²) < 4.78 is 0. The second kappa shape index (κ2) is 5.27. The van der Waals surface area contributed by atoms with Crippen LogP contribution in [0.1, 0.15) is 37.4 Å². The van der Waals surface area contributed by atoms with Crippen molar-refractivity contribution in [3.63, 3.8) is 0 Å². The first kappa shape index (κ1) is 14.0. The van der Waals surface area contributed by atoms with E-state index in [1.54, 1.807) is 11.3 Å². The van der Waals surface area contributed by atoms with Gasteiger partial charge in [0.15, 0.2) is 0 Å². The summed E-state index contributed by atoms with van der Waals surface area (Å²) in [5, 5.41) is 13.5. The summed E-state index contributed by atoms with van der Waals surface area (Å²) in [4.78, 5) is 6.77. The van der Waals surface area contributed by atoms with Gasteiger partial charge in [-0.25, -0.2) is 4.98 Å². The van der Waals surface area contributed by atoms with E-state index in [9.17, 15) is 5.11 Å². The summed E-state index contributed by atoms with van der Waals surface area (Å²) >= 11 is 1.70. The van der Waals surface area contributed by atoms with Gasteiger partial charge in [-0.3, -0.25) is 0 Å². The molecular weight excluding hydrogens is 244 g/mol. The number of aromatic nitrogens is 1. The fourth-order valence-corrected chi connectivity index (χ4v) is 3.52. The lowest BCUT2D eigenvalue weighted by Crippen LogP contribution is -2.34. The Morgan fingerprint density at radius 2 is 2.28 bits per heavy atom. The third kappa shape index (κ3) is 3.11. The summed E-state index contributed by atoms with van der Waals surface area (Å²) in [7, 11) is 2.12. The lowest BCUT2D eigenvalue weighted by atomic mass is 9.87. The molecule has 18 heavy (non-hydrogen) atoms. The summed E-state index contributed by atoms with van der Waals surface area (Å²) in [6, 6.07) is 0. The van der Waals surface area contributed by atoms with Crippen LogP contribution in [-0.4, -0.2) is 34.7 Å². The average Bonchev–Trinajstić information content (AvgIpc) is 2.78. The van der Waals surface area contributed by atoms with Gasteiger partial charge in [0, 0.05) is 18.5 Å². The number of thiazole rings is 1. The molecule has 0 amide bonds. The molecule has 0 saturated heterocycles. The maximum absolute atomic E-state index is 10.3. The lowest BCUT2D eigenvalue weighted by Gasteiger charge is -2.28. The van der Waals surface area contributed by atoms with Crippen molar-refractivity contribution < 1.29 is 5.11 Å². The average molecular weight is 268 g/mol. The van der Waals surface area contributed by atoms with E-state index in [2.05, 4.69) is 36.2 Å². The van der Waals surface area contributed by atoms with Crippen LogP contribution in [0.5, 0.6) is 0 Å². The van der Waals surface area contributed by atoms with Gasteiger partial charge < -0.3 is 10.0 Å². The minimum atomic E-state index is -0.169. The topological polar surface area (TPSA) is 36.4 Å². The molecule has 3 nitrogen and oxygen atoms in total. The number of rotatable bonds is 4. The highest BCUT2D eigenvalue weighted by atomic mass is 32.1. The van der Waals surface area contributed by atoms with E-state index in [1.807, 2.05) is 6.92 Å². The van der Waals surface area contributed by atoms with Crippen molar-refractivity contribution in [1.29, 1.82) is 0 Å². The van der Waals surface area contributed by atoms with Crippen LogP contribution in [0.25, 0.3) is 0 Å². The Kier molecular flexibility index (Phi) is 4.09. The SMILES string of the molecule is Cc1nc(CN(C)CC2CCC(C)(C)C2O)cs1. The van der Waals surface area contributed by atoms with Crippen molar-refractivity contribution in [2.75, 3.05) is 13.6 Å². The van der Waals surface area contributed by atoms with Crippen LogP contribution in [0.15, 0.2) is 5.38 Å². The molecule has 2 unspecified atom stereocenters. The van der Waals surface area contributed by atoms with Crippen molar-refractivity contribution in [3.8, 4) is 0 Å². The third-order valence-electron chi connectivity index (χ3n) is 4.05. The third-order valence-corrected chi connectivity index (χ3v) is 4.87. The van der Waals surface area contributed by atoms with Crippen molar-refractivity contribution >= 4 is 11.3 Å². The number of aliphatic hydroxyl groups is 1. The second-order valence-corrected chi connectivity index (χ2v) is 7.35. The normalized spacial score (nSPS) is 27.0. The maximum atomic E-state index is 10.3. The fraction of sp³-hybridized carbons (Fsp3) is 0.786. The van der Waals surface area contributed by atoms with Crippen LogP contribution in [-0.2, 0) is 6.54 Å². The minimum Gasteiger partial charge on any atom is -0.392 e. The molecule has 2 atom stereocenters. The van der Waals surface area contributed by atoms with Gasteiger partial charge in [-0.2, -0.15) is 0 Å². The molecule has 0 radical (unpaired) electrons. The van der Waals surface area contributed by atoms with E-state index >= 15 is 0 Å². The quantitative estimate of drug-likeness (QED) is 0.912. The van der Waals surface area contributed by atoms with Crippen molar-refractivity contribution in [2.24, 2.45) is 11.3 Å². The zero-order valence-corrected chi connectivity index (χ0v) is 12.6. The molecule has 0 aliphatic heterocycles. The fourth-order valence-electron chi connectivity index (χ4n) is 2.91. The molecule has 0 spiro atoms. The van der Waals surface area contributed by atoms with E-state index < -0.39 is 0 Å². The summed E-state index contributed by atoms with van der Waals surface area (Å²) in [6.45, 7) is 8.22. The van der Waals surface area contributed by atoms with Crippen molar-refractivity contribution in [2.45, 2.75) is 46.3 Å². The van der Waals surface area contributed by atoms with Crippen LogP contribution in [0.2, 0.25) is 0 Å². The Labute approximate surface area is 114 Å². The van der Waals surface area contributed by atoms with Crippen LogP contribution >= 0.6 is 11.3 Å². The molecule has 1 fully saturated rings. The predicted molar refractivity (Wildman–Crippen MR) is 75.7 cm³/mol. The standard InChI is InChI=1S/C14H24N2OS/c1-10-15-12(9-18-10)8-16(4)7-11-5-6-14(2,3)13(11)17/h9,11,13,17H,5-8H2,1-4H3. The van der Waals surface area contributed by atoms with Gasteiger partial charge in [0.1, 0.15) is 0 Å². The Balaban J connectivity index is 1.87. The Hall–Kier alpha value is -0.450. The van der Waals surface area contributed by atoms with E-state index in [1.165, 1.54) is 0 Å². The Bertz CT molecular complexity index is 402. The lowest BCUT2D eigenvalue weighted by molar-refractivity contribution is 0.0347. The van der Waals surface area contributed by atoms with Crippen molar-refractivity contribution in [1.82, 2.24) is 9.88 Å². The highest BCUT2D eigenvalue weighted by molar-refractivity contribution is 7.09. The predicted octanol–water partition coefficient (Wildman–Crippen LogP) is 2.68. The van der Waals surface area contributed by atoms with Crippen LogP contribution in [0.4, 0.5) is 0 Å². The molecule has 4 heteroatoms. The van der Waals surface area contributed by atoms with Crippen LogP contribution in [0.3, 0.4) is 0 Å². The zero-order valence-electron chi connectivity index (χ0n) is 11.8. The smallest absolute Gasteiger partial charge is 0.0897 e. The van der Waals surface area contributed by atoms with E-state index in [4.69, 9.17) is 0 Å². The molecule has 102 valence electrons. The van der Waals surface area contributed by atoms with Gasteiger partial charge in [0.25, 0.3) is 0 Å². The molecule has 1 saturated carbocycles. The Morgan fingerprint density at radius 3 is 2.78 bits per heavy atom. The van der Waals surface area contributed by atoms with E-state index in [-0.39, 0.29) is 11.5 Å². The monoisotopic (exact) mass is 268 g/mol. The maximum Gasteiger partial charge on any atom is 0.0897 e. The molecule has 1 aromatic rings. The zero-order chi connectivity index (χ0) is 13.3. The minimum absolute atomic E-state index is 0.0860. The number of aryl methyl sites for hydroxylation is 1. The van der Waals surface area contributed by atoms with Crippen LogP contribution < -0.4 is 0 Å². The molecule has 1 aromatic heterocycles. The first-order valence-corrected chi connectivity index (χ1v) is 7.54. The van der Waals surface area contributed by atoms with E-state index in [0.717, 1.165) is 36.6 Å². The van der Waals surface area contributed by atoms with Gasteiger partial charge in [-0.1, -0.05) is 13.8 Å². The first-order valence-electron chi connectivity index (χ1n) is 6.66. The molecule has 1 aliphatic carbocycles. The summed E-state index contributed by atoms with van der Waals surface area (Å²) in [5.74, 6) is 0.407. The number of aliphatic hydroxyl groups excluding tert-OH is 1. The van der Waals surface area contributed by atoms with Gasteiger partial charge >= 0.3 is 0 Å². The molecule has 0 aromatic carbocycles. The van der Waals surface area contributed by atoms with Gasteiger partial charge in [-0.15, -0.1) is 11.3 Å². The first-order chi connectivity index (χ1) is 8.38. The van der Waals surface area contributed by atoms with Gasteiger partial charge in [0.2, 0.25) is 0 Å². The summed E-state index contributed by atoms with van der Waals surface area (Å²) in [6.07, 6.45) is 2.09. The molecular formula is C14H24N2OS. The molecule has 1 N–H and O–H groups in total. The highest BCUT2D eigenvalue weighted by Gasteiger charge is 2.40. The molecule has 1 aliphatic rings. The van der Waals surface area contributed by atoms with Gasteiger partial charge in [-0.05, 0) is 38.1 Å². The summed E-state index contributed by atoms with van der Waals surface area (Å²) in [5.41, 5.74) is 1.23. The van der Waals surface area contributed by atoms with E-state index in [0.29, 0.717) is 5.92 Å². The van der Waals surface area contributed by atoms with Crippen molar-refractivity contribution in [3.05, 3.63) is 16.1 Å². The molecule has 2 rings (SSSR count). The number of hydrogen-bond acceptors (Lipinski definition) is 4. The van der Waals surface area contributed by atoms with Gasteiger partial charge in [0.05, 0.1) is 16.8 Å². The highest BCUT2D eigenvalue weighted by Crippen LogP contribution is 2.41. The van der Waals surface area contributed by atoms with Crippen LogP contribution in [0, 0.1) is 18.3 Å². The molecule has 0 bridgehead atoms. The number of hydrogen-bond donors (Lipinski definition) is 1.